The molecule has 0 fully saturated rings. The van der Waals surface area contributed by atoms with Crippen molar-refractivity contribution in [3.05, 3.63) is 54.1 Å². The summed E-state index contributed by atoms with van der Waals surface area (Å²) in [6.07, 6.45) is 2.13. The van der Waals surface area contributed by atoms with E-state index in [-0.39, 0.29) is 144 Å². The van der Waals surface area contributed by atoms with Crippen molar-refractivity contribution >= 4 is 118 Å². The third-order valence-corrected chi connectivity index (χ3v) is 20.7. The van der Waals surface area contributed by atoms with Gasteiger partial charge in [0.25, 0.3) is 0 Å². The number of aromatic nitrogens is 2. The number of carboxylic acid groups (broad SMARTS) is 1. The van der Waals surface area contributed by atoms with Gasteiger partial charge in [-0.3, -0.25) is 86.7 Å². The number of aliphatic hydroxyl groups is 1. The lowest BCUT2D eigenvalue weighted by Crippen LogP contribution is -2.63. The van der Waals surface area contributed by atoms with Gasteiger partial charge >= 0.3 is 5.97 Å². The Morgan fingerprint density at radius 3 is 1.25 bits per heavy atom. The Hall–Kier alpha value is -11.3. The summed E-state index contributed by atoms with van der Waals surface area (Å²) in [5.41, 5.74) is 40.9. The lowest BCUT2D eigenvalue weighted by atomic mass is 9.95. The van der Waals surface area contributed by atoms with Gasteiger partial charge in [0, 0.05) is 37.8 Å². The van der Waals surface area contributed by atoms with Crippen LogP contribution in [0.3, 0.4) is 0 Å². The normalized spacial score (nSPS) is 15.1. The van der Waals surface area contributed by atoms with E-state index < -0.39 is 210 Å². The molecule has 0 unspecified atom stereocenters. The molecule has 1 aromatic carbocycles. The third kappa shape index (κ3) is 42.6. The van der Waals surface area contributed by atoms with E-state index in [0.717, 1.165) is 6.92 Å². The van der Waals surface area contributed by atoms with Crippen molar-refractivity contribution in [2.75, 3.05) is 38.2 Å². The molecule has 0 saturated carbocycles. The molecule has 43 nitrogen and oxygen atoms in total. The highest BCUT2D eigenvalue weighted by molar-refractivity contribution is 7.98. The number of aliphatic carboxylic acids is 1. The van der Waals surface area contributed by atoms with Crippen LogP contribution in [0, 0.1) is 35.5 Å². The molecule has 1 heterocycles. The molecule has 0 aliphatic rings. The Kier molecular flexibility index (Phi) is 51.1. The largest absolute Gasteiger partial charge is 0.480 e. The summed E-state index contributed by atoms with van der Waals surface area (Å²) in [7, 11) is 0. The van der Waals surface area contributed by atoms with Crippen LogP contribution < -0.4 is 115 Å². The molecule has 708 valence electrons. The van der Waals surface area contributed by atoms with Gasteiger partial charge in [-0.1, -0.05) is 120 Å². The number of benzene rings is 1. The number of nitrogens with zero attached hydrogens (tertiary/aromatic N) is 3. The molecule has 126 heavy (non-hydrogen) atoms. The molecule has 16 atom stereocenters. The number of carbonyl (C=O) groups excluding carboxylic acids is 15. The minimum absolute atomic E-state index is 0.0150. The fourth-order valence-electron chi connectivity index (χ4n) is 12.9. The number of aliphatic hydroxyl groups excluding tert-OH is 1. The molecule has 44 heteroatoms. The minimum atomic E-state index is -1.87. The van der Waals surface area contributed by atoms with Crippen LogP contribution in [0.5, 0.6) is 0 Å². The molecule has 0 radical (unpaired) electrons. The van der Waals surface area contributed by atoms with Crippen molar-refractivity contribution in [2.24, 2.45) is 85.6 Å². The lowest BCUT2D eigenvalue weighted by molar-refractivity contribution is -0.138. The molecule has 0 spiro atoms. The van der Waals surface area contributed by atoms with E-state index in [1.807, 2.05) is 13.8 Å². The number of carbonyl (C=O) groups is 16. The van der Waals surface area contributed by atoms with Crippen LogP contribution in [-0.4, -0.2) is 256 Å². The van der Waals surface area contributed by atoms with Crippen molar-refractivity contribution in [3.8, 4) is 0 Å². The molecule has 0 bridgehead atoms. The smallest absolute Gasteiger partial charge is 0.322 e. The van der Waals surface area contributed by atoms with Crippen molar-refractivity contribution in [3.63, 3.8) is 0 Å². The second-order valence-corrected chi connectivity index (χ2v) is 34.3. The molecule has 2 rings (SSSR count). The van der Waals surface area contributed by atoms with E-state index in [1.165, 1.54) is 38.1 Å². The van der Waals surface area contributed by atoms with Gasteiger partial charge < -0.3 is 130 Å². The first-order valence-electron chi connectivity index (χ1n) is 42.7. The number of imidazole rings is 1. The van der Waals surface area contributed by atoms with Crippen LogP contribution in [0.1, 0.15) is 185 Å². The maximum Gasteiger partial charge on any atom is 0.322 e. The van der Waals surface area contributed by atoms with Crippen molar-refractivity contribution in [1.29, 1.82) is 0 Å². The quantitative estimate of drug-likeness (QED) is 0.0169. The van der Waals surface area contributed by atoms with Gasteiger partial charge in [-0.05, 0) is 137 Å². The van der Waals surface area contributed by atoms with E-state index in [2.05, 4.69) is 94.4 Å². The summed E-state index contributed by atoms with van der Waals surface area (Å²) in [6, 6.07) is -11.6. The highest BCUT2D eigenvalue weighted by Crippen LogP contribution is 2.18. The average molecular weight is 1800 g/mol. The third-order valence-electron chi connectivity index (χ3n) is 20.1. The number of hydrogen-bond acceptors (Lipinski definition) is 23. The van der Waals surface area contributed by atoms with Crippen molar-refractivity contribution in [1.82, 2.24) is 84.4 Å². The van der Waals surface area contributed by atoms with E-state index in [0.29, 0.717) is 17.7 Å². The standard InChI is InChI=1S/C82H141N25O18S/c1-15-47(12)65(79(124)103-57(35-44(6)7)73(118)99-55(33-42(2)3)72(117)100-58(36-49-23-17-16-18-24-49)74(119)97-54(28-32-126-14)67(112)93-40-62(110)111)106-76(121)60(38-61(84)109)104-78(123)64(46(10)11)105-75(120)59(37-50-39-90-41-94-50)101-69(114)53(27-22-31-92-82(88)89)98-80(125)66(48(13)108)107-70(115)51(25-19-20-29-83)95-68(113)52(26-21-30-91-81(86)87)96-71(116)56(34-43(4)5)102-77(122)63(85)45(8)9/h16-18,23-24,39,41-48,51-60,63-66,108H,15,19-22,25-38,40,83,85H2,1-14H3,(H2,84,109)(H,90,94)(H,93,112)(H,95,113)(H,96,116)(H,97,119)(H,98,125)(H,99,118)(H,100,117)(H,101,114)(H,102,122)(H,103,124)(H,104,123)(H,105,120)(H,106,121)(H,107,115)(H,110,111)(H4,86,87,91)(H4,88,89,92)/t47-,48+,51-,52-,53-,54-,55-,56-,57-,58-,59-,60-,63-,64-,65-,66-/m0/s1. The maximum atomic E-state index is 14.9. The topological polar surface area (TPSA) is 718 Å². The Bertz CT molecular complexity index is 3900. The summed E-state index contributed by atoms with van der Waals surface area (Å²) in [4.78, 5) is 240. The zero-order valence-corrected chi connectivity index (χ0v) is 75.8. The van der Waals surface area contributed by atoms with Crippen LogP contribution in [0.2, 0.25) is 0 Å². The van der Waals surface area contributed by atoms with E-state index in [1.54, 1.807) is 92.0 Å². The van der Waals surface area contributed by atoms with Crippen LogP contribution in [0.25, 0.3) is 0 Å². The predicted molar refractivity (Wildman–Crippen MR) is 475 cm³/mol. The monoisotopic (exact) mass is 1800 g/mol. The predicted octanol–water partition coefficient (Wildman–Crippen LogP) is -4.23. The molecule has 1 aromatic heterocycles. The Labute approximate surface area is 741 Å². The number of hydrogen-bond donors (Lipinski definition) is 24. The number of nitrogens with one attached hydrogen (secondary N) is 15. The lowest BCUT2D eigenvalue weighted by Gasteiger charge is -2.31. The summed E-state index contributed by atoms with van der Waals surface area (Å²) < 4.78 is 0. The van der Waals surface area contributed by atoms with Gasteiger partial charge in [0.2, 0.25) is 88.6 Å². The minimum Gasteiger partial charge on any atom is -0.480 e. The molecule has 15 amide bonds. The van der Waals surface area contributed by atoms with Gasteiger partial charge in [0.05, 0.1) is 24.9 Å². The zero-order chi connectivity index (χ0) is 95.2. The van der Waals surface area contributed by atoms with Gasteiger partial charge in [0.1, 0.15) is 85.1 Å². The Balaban J connectivity index is 2.61. The zero-order valence-electron chi connectivity index (χ0n) is 75.0. The second kappa shape index (κ2) is 58.1. The summed E-state index contributed by atoms with van der Waals surface area (Å²) in [5.74, 6) is -17.7. The maximum absolute atomic E-state index is 14.9. The van der Waals surface area contributed by atoms with Crippen LogP contribution in [0.4, 0.5) is 0 Å². The van der Waals surface area contributed by atoms with Crippen molar-refractivity contribution < 1.29 is 86.9 Å². The van der Waals surface area contributed by atoms with Gasteiger partial charge in [-0.15, -0.1) is 0 Å². The molecule has 0 aliphatic heterocycles. The number of carboxylic acids is 1. The van der Waals surface area contributed by atoms with Crippen LogP contribution in [0.15, 0.2) is 52.8 Å². The van der Waals surface area contributed by atoms with E-state index >= 15 is 0 Å². The number of rotatable bonds is 61. The SMILES string of the molecule is CC[C@H](C)[C@H](NC(=O)[C@H](CC(N)=O)NC(=O)[C@@H](NC(=O)[C@H](Cc1cnc[nH]1)NC(=O)[C@H](CCCN=C(N)N)NC(=O)[C@@H](NC(=O)[C@H](CCCCN)NC(=O)[C@H](CCCN=C(N)N)NC(=O)[C@H](CC(C)C)NC(=O)[C@@H](N)C(C)C)[C@@H](C)O)C(C)C)C(=O)N[C@@H](CC(C)C)C(=O)N[C@@H](CC(C)C)C(=O)N[C@@H](Cc1ccccc1)C(=O)N[C@@H](CCSC)C(=O)NCC(=O)O. The van der Waals surface area contributed by atoms with Gasteiger partial charge in [0.15, 0.2) is 11.9 Å². The number of aliphatic imine (C=N–C) groups is 2. The fraction of sp³-hybridized carbons (Fsp3) is 0.671. The Morgan fingerprint density at radius 1 is 0.444 bits per heavy atom. The second-order valence-electron chi connectivity index (χ2n) is 33.3. The first-order valence-corrected chi connectivity index (χ1v) is 44.1. The number of amides is 15. The Morgan fingerprint density at radius 2 is 0.825 bits per heavy atom. The first-order chi connectivity index (χ1) is 59.2. The number of guanidine groups is 2. The highest BCUT2D eigenvalue weighted by atomic mass is 32.2. The van der Waals surface area contributed by atoms with E-state index in [9.17, 15) is 86.9 Å². The number of nitrogens with two attached hydrogens (primary N) is 7. The number of thioether (sulfide) groups is 1. The summed E-state index contributed by atoms with van der Waals surface area (Å²) in [5, 5.41) is 57.1. The number of H-pyrrole nitrogens is 1. The average Bonchev–Trinajstić information content (AvgIpc) is 1.75. The van der Waals surface area contributed by atoms with Crippen molar-refractivity contribution in [2.45, 2.75) is 277 Å². The first kappa shape index (κ1) is 111. The number of unbranched alkanes of at least 4 members (excludes halogenated alkanes) is 1. The highest BCUT2D eigenvalue weighted by Gasteiger charge is 2.41. The van der Waals surface area contributed by atoms with Crippen LogP contribution in [-0.2, 0) is 89.6 Å². The van der Waals surface area contributed by atoms with E-state index in [4.69, 9.17) is 40.1 Å². The number of aromatic amines is 1. The van der Waals surface area contributed by atoms with Gasteiger partial charge in [-0.25, -0.2) is 4.98 Å². The molecular weight excluding hydrogens is 1660 g/mol. The molecule has 0 aliphatic carbocycles. The molecule has 31 N–H and O–H groups in total. The molecular formula is C82H141N25O18S. The number of primary amides is 1. The summed E-state index contributed by atoms with van der Waals surface area (Å²) in [6.45, 7) is 21.1. The molecule has 0 saturated heterocycles. The fourth-order valence-corrected chi connectivity index (χ4v) is 13.4. The van der Waals surface area contributed by atoms with Crippen LogP contribution >= 0.6 is 11.8 Å². The van der Waals surface area contributed by atoms with Gasteiger partial charge in [-0.2, -0.15) is 11.8 Å². The molecule has 2 aromatic rings. The summed E-state index contributed by atoms with van der Waals surface area (Å²) >= 11 is 1.38.